The third kappa shape index (κ3) is 1.96. The first-order valence-corrected chi connectivity index (χ1v) is 4.64. The monoisotopic (exact) mass is 185 g/mol. The van der Waals surface area contributed by atoms with E-state index in [1.54, 1.807) is 18.4 Å². The highest BCUT2D eigenvalue weighted by Crippen LogP contribution is 2.08. The summed E-state index contributed by atoms with van der Waals surface area (Å²) in [5.41, 5.74) is 1.15. The van der Waals surface area contributed by atoms with Crippen LogP contribution in [0.1, 0.15) is 5.56 Å². The zero-order valence-electron chi connectivity index (χ0n) is 7.76. The van der Waals surface area contributed by atoms with Crippen LogP contribution in [0.3, 0.4) is 0 Å². The lowest BCUT2D eigenvalue weighted by Gasteiger charge is -2.10. The van der Waals surface area contributed by atoms with E-state index in [4.69, 9.17) is 0 Å². The maximum atomic E-state index is 11.4. The average molecular weight is 185 g/mol. The second-order valence-corrected chi connectivity index (χ2v) is 3.27. The van der Waals surface area contributed by atoms with E-state index in [0.717, 1.165) is 5.56 Å². The van der Waals surface area contributed by atoms with Crippen LogP contribution in [0.15, 0.2) is 47.5 Å². The molecule has 1 aromatic rings. The Hall–Kier alpha value is -1.70. The van der Waals surface area contributed by atoms with E-state index >= 15 is 0 Å². The lowest BCUT2D eigenvalue weighted by molar-refractivity contribution is -0.115. The van der Waals surface area contributed by atoms with E-state index in [1.165, 1.54) is 0 Å². The van der Waals surface area contributed by atoms with Crippen molar-refractivity contribution in [3.63, 3.8) is 0 Å². The van der Waals surface area contributed by atoms with Crippen LogP contribution in [0.25, 0.3) is 0 Å². The normalized spacial score (nSPS) is 20.0. The summed E-state index contributed by atoms with van der Waals surface area (Å²) in [5, 5.41) is 0. The standard InChI is InChI=1S/C12H11NO/c14-12-7-4-8-13-11(12)9-10-5-2-1-3-6-10/h1-8,11H,9H2. The SMILES string of the molecule is O=C1C=CC=NC1Cc1ccccc1. The van der Waals surface area contributed by atoms with Crippen molar-refractivity contribution in [2.24, 2.45) is 4.99 Å². The number of ketones is 1. The summed E-state index contributed by atoms with van der Waals surface area (Å²) in [6.07, 6.45) is 5.65. The van der Waals surface area contributed by atoms with Gasteiger partial charge in [0.2, 0.25) is 0 Å². The van der Waals surface area contributed by atoms with Crippen LogP contribution in [-0.4, -0.2) is 18.0 Å². The molecule has 70 valence electrons. The van der Waals surface area contributed by atoms with Gasteiger partial charge in [0, 0.05) is 12.6 Å². The molecule has 1 heterocycles. The van der Waals surface area contributed by atoms with Gasteiger partial charge in [0.15, 0.2) is 5.78 Å². The summed E-state index contributed by atoms with van der Waals surface area (Å²) in [5.74, 6) is 0.0938. The molecular formula is C12H11NO. The molecule has 0 spiro atoms. The van der Waals surface area contributed by atoms with Crippen molar-refractivity contribution in [2.75, 3.05) is 0 Å². The van der Waals surface area contributed by atoms with E-state index in [0.29, 0.717) is 6.42 Å². The number of benzene rings is 1. The van der Waals surface area contributed by atoms with Gasteiger partial charge in [0.05, 0.1) is 0 Å². The fourth-order valence-corrected chi connectivity index (χ4v) is 1.47. The highest BCUT2D eigenvalue weighted by atomic mass is 16.1. The molecule has 0 radical (unpaired) electrons. The Morgan fingerprint density at radius 3 is 2.71 bits per heavy atom. The Morgan fingerprint density at radius 2 is 2.00 bits per heavy atom. The number of hydrogen-bond acceptors (Lipinski definition) is 2. The van der Waals surface area contributed by atoms with Crippen molar-refractivity contribution in [3.8, 4) is 0 Å². The predicted molar refractivity (Wildman–Crippen MR) is 56.6 cm³/mol. The predicted octanol–water partition coefficient (Wildman–Crippen LogP) is 1.81. The third-order valence-corrected chi connectivity index (χ3v) is 2.21. The Morgan fingerprint density at radius 1 is 1.21 bits per heavy atom. The van der Waals surface area contributed by atoms with Crippen molar-refractivity contribution in [1.82, 2.24) is 0 Å². The number of dihydropyridines is 1. The minimum Gasteiger partial charge on any atom is -0.292 e. The van der Waals surface area contributed by atoms with Gasteiger partial charge < -0.3 is 0 Å². The number of carbonyl (C=O) groups is 1. The highest BCUT2D eigenvalue weighted by molar-refractivity contribution is 6.01. The first-order chi connectivity index (χ1) is 6.86. The molecule has 0 bridgehead atoms. The molecular weight excluding hydrogens is 174 g/mol. The molecule has 2 rings (SSSR count). The van der Waals surface area contributed by atoms with Crippen molar-refractivity contribution < 1.29 is 4.79 Å². The Bertz CT molecular complexity index is 379. The Kier molecular flexibility index (Phi) is 2.54. The highest BCUT2D eigenvalue weighted by Gasteiger charge is 2.15. The summed E-state index contributed by atoms with van der Waals surface area (Å²) in [6, 6.07) is 9.73. The van der Waals surface area contributed by atoms with Crippen LogP contribution in [0.2, 0.25) is 0 Å². The maximum absolute atomic E-state index is 11.4. The fraction of sp³-hybridized carbons (Fsp3) is 0.167. The van der Waals surface area contributed by atoms with Crippen LogP contribution >= 0.6 is 0 Å². The quantitative estimate of drug-likeness (QED) is 0.691. The van der Waals surface area contributed by atoms with Gasteiger partial charge in [0.25, 0.3) is 0 Å². The Labute approximate surface area is 83.0 Å². The number of rotatable bonds is 2. The van der Waals surface area contributed by atoms with Gasteiger partial charge in [-0.05, 0) is 17.7 Å². The third-order valence-electron chi connectivity index (χ3n) is 2.21. The van der Waals surface area contributed by atoms with Gasteiger partial charge in [-0.25, -0.2) is 0 Å². The molecule has 0 aromatic heterocycles. The van der Waals surface area contributed by atoms with Crippen molar-refractivity contribution >= 4 is 12.0 Å². The number of aliphatic imine (C=N–C) groups is 1. The average Bonchev–Trinajstić information content (AvgIpc) is 2.23. The molecule has 0 saturated carbocycles. The van der Waals surface area contributed by atoms with Crippen molar-refractivity contribution in [2.45, 2.75) is 12.5 Å². The second-order valence-electron chi connectivity index (χ2n) is 3.27. The largest absolute Gasteiger partial charge is 0.292 e. The molecule has 1 unspecified atom stereocenters. The topological polar surface area (TPSA) is 29.4 Å². The molecule has 0 fully saturated rings. The maximum Gasteiger partial charge on any atom is 0.180 e. The number of nitrogens with zero attached hydrogens (tertiary/aromatic N) is 1. The van der Waals surface area contributed by atoms with Crippen molar-refractivity contribution in [3.05, 3.63) is 48.0 Å². The van der Waals surface area contributed by atoms with E-state index in [9.17, 15) is 4.79 Å². The summed E-state index contributed by atoms with van der Waals surface area (Å²) in [7, 11) is 0. The summed E-state index contributed by atoms with van der Waals surface area (Å²) in [6.45, 7) is 0. The molecule has 2 heteroatoms. The van der Waals surface area contributed by atoms with E-state index in [-0.39, 0.29) is 11.8 Å². The summed E-state index contributed by atoms with van der Waals surface area (Å²) < 4.78 is 0. The lowest BCUT2D eigenvalue weighted by Crippen LogP contribution is -2.21. The smallest absolute Gasteiger partial charge is 0.180 e. The molecule has 14 heavy (non-hydrogen) atoms. The zero-order valence-corrected chi connectivity index (χ0v) is 7.76. The van der Waals surface area contributed by atoms with E-state index in [1.807, 2.05) is 30.3 Å². The van der Waals surface area contributed by atoms with Crippen LogP contribution in [0, 0.1) is 0 Å². The molecule has 1 aliphatic rings. The van der Waals surface area contributed by atoms with Crippen molar-refractivity contribution in [1.29, 1.82) is 0 Å². The van der Waals surface area contributed by atoms with Crippen LogP contribution in [0.4, 0.5) is 0 Å². The van der Waals surface area contributed by atoms with Gasteiger partial charge in [-0.15, -0.1) is 0 Å². The molecule has 1 atom stereocenters. The van der Waals surface area contributed by atoms with Gasteiger partial charge in [0.1, 0.15) is 6.04 Å². The van der Waals surface area contributed by atoms with Gasteiger partial charge >= 0.3 is 0 Å². The first kappa shape index (κ1) is 8.88. The molecule has 0 aliphatic carbocycles. The Balaban J connectivity index is 2.09. The van der Waals surface area contributed by atoms with Gasteiger partial charge in [-0.2, -0.15) is 0 Å². The van der Waals surface area contributed by atoms with E-state index in [2.05, 4.69) is 4.99 Å². The molecule has 1 aromatic carbocycles. The number of carbonyl (C=O) groups excluding carboxylic acids is 1. The fourth-order valence-electron chi connectivity index (χ4n) is 1.47. The molecule has 0 N–H and O–H groups in total. The molecule has 0 saturated heterocycles. The lowest BCUT2D eigenvalue weighted by atomic mass is 10.0. The first-order valence-electron chi connectivity index (χ1n) is 4.64. The minimum absolute atomic E-state index is 0.0938. The summed E-state index contributed by atoms with van der Waals surface area (Å²) in [4.78, 5) is 15.5. The van der Waals surface area contributed by atoms with E-state index < -0.39 is 0 Å². The van der Waals surface area contributed by atoms with Crippen LogP contribution in [0.5, 0.6) is 0 Å². The van der Waals surface area contributed by atoms with Gasteiger partial charge in [-0.1, -0.05) is 30.3 Å². The molecule has 1 aliphatic heterocycles. The minimum atomic E-state index is -0.220. The molecule has 2 nitrogen and oxygen atoms in total. The summed E-state index contributed by atoms with van der Waals surface area (Å²) >= 11 is 0. The molecule has 0 amide bonds. The second kappa shape index (κ2) is 4.01. The number of hydrogen-bond donors (Lipinski definition) is 0. The zero-order chi connectivity index (χ0) is 9.80. The van der Waals surface area contributed by atoms with Crippen LogP contribution in [-0.2, 0) is 11.2 Å². The van der Waals surface area contributed by atoms with Crippen LogP contribution < -0.4 is 0 Å². The van der Waals surface area contributed by atoms with Gasteiger partial charge in [-0.3, -0.25) is 9.79 Å². The number of allylic oxidation sites excluding steroid dienone is 1.